The fourth-order valence-corrected chi connectivity index (χ4v) is 4.59. The molecule has 2 aromatic carbocycles. The van der Waals surface area contributed by atoms with Crippen molar-refractivity contribution >= 4 is 39.0 Å². The van der Waals surface area contributed by atoms with E-state index in [1.807, 2.05) is 0 Å². The maximum Gasteiger partial charge on any atom is 0.347 e. The van der Waals surface area contributed by atoms with E-state index in [0.29, 0.717) is 26.9 Å². The van der Waals surface area contributed by atoms with Crippen molar-refractivity contribution in [2.45, 2.75) is 18.8 Å². The quantitative estimate of drug-likeness (QED) is 0.417. The Bertz CT molecular complexity index is 1230. The molecular weight excluding hydrogens is 489 g/mol. The molecule has 3 rings (SSSR count). The lowest BCUT2D eigenvalue weighted by Crippen LogP contribution is -2.28. The minimum absolute atomic E-state index is 0.0463. The number of sulfone groups is 1. The monoisotopic (exact) mass is 509 g/mol. The molecule has 0 radical (unpaired) electrons. The standard InChI is InChI=1S/C23H21Cl2NO6S/c1-15(23(28)31-9-10-33(29,30)14-16-5-3-2-4-6-16)32-21-8-7-17(11-20(21)27)22-19(25)12-18(24)13-26-22/h2-8,11-13,15,27H,9-10,14H2,1H3. The highest BCUT2D eigenvalue weighted by Gasteiger charge is 2.20. The zero-order chi connectivity index (χ0) is 24.0. The van der Waals surface area contributed by atoms with Gasteiger partial charge in [0.15, 0.2) is 27.4 Å². The second kappa shape index (κ2) is 10.9. The topological polar surface area (TPSA) is 103 Å². The summed E-state index contributed by atoms with van der Waals surface area (Å²) in [5, 5.41) is 11.0. The van der Waals surface area contributed by atoms with E-state index in [2.05, 4.69) is 4.98 Å². The number of carbonyl (C=O) groups excluding carboxylic acids is 1. The SMILES string of the molecule is CC(Oc1ccc(-c2ncc(Cl)cc2Cl)cc1O)C(=O)OCCS(=O)(=O)Cc1ccccc1. The van der Waals surface area contributed by atoms with Gasteiger partial charge in [0.1, 0.15) is 6.61 Å². The molecule has 174 valence electrons. The van der Waals surface area contributed by atoms with Crippen molar-refractivity contribution in [2.24, 2.45) is 0 Å². The average molecular weight is 510 g/mol. The summed E-state index contributed by atoms with van der Waals surface area (Å²) in [6, 6.07) is 14.8. The first-order valence-electron chi connectivity index (χ1n) is 9.87. The van der Waals surface area contributed by atoms with Gasteiger partial charge in [0.05, 0.1) is 27.2 Å². The number of esters is 1. The van der Waals surface area contributed by atoms with Gasteiger partial charge in [-0.1, -0.05) is 53.5 Å². The Morgan fingerprint density at radius 1 is 1.12 bits per heavy atom. The lowest BCUT2D eigenvalue weighted by atomic mass is 10.1. The van der Waals surface area contributed by atoms with Crippen LogP contribution in [-0.2, 0) is 25.1 Å². The smallest absolute Gasteiger partial charge is 0.347 e. The Balaban J connectivity index is 1.55. The van der Waals surface area contributed by atoms with Crippen molar-refractivity contribution < 1.29 is 27.8 Å². The lowest BCUT2D eigenvalue weighted by molar-refractivity contribution is -0.150. The van der Waals surface area contributed by atoms with Gasteiger partial charge in [0.25, 0.3) is 0 Å². The summed E-state index contributed by atoms with van der Waals surface area (Å²) in [6.07, 6.45) is 0.360. The number of pyridine rings is 1. The molecule has 0 amide bonds. The molecule has 0 spiro atoms. The number of benzene rings is 2. The molecule has 1 unspecified atom stereocenters. The molecule has 3 aromatic rings. The molecule has 10 heteroatoms. The number of hydrogen-bond donors (Lipinski definition) is 1. The maximum atomic E-state index is 12.2. The van der Waals surface area contributed by atoms with E-state index in [1.165, 1.54) is 31.3 Å². The van der Waals surface area contributed by atoms with Gasteiger partial charge < -0.3 is 14.6 Å². The number of phenolic OH excluding ortho intramolecular Hbond substituents is 1. The van der Waals surface area contributed by atoms with Crippen LogP contribution in [0.4, 0.5) is 0 Å². The van der Waals surface area contributed by atoms with Crippen LogP contribution in [0, 0.1) is 0 Å². The molecule has 0 bridgehead atoms. The molecule has 1 heterocycles. The van der Waals surface area contributed by atoms with E-state index < -0.39 is 21.9 Å². The molecule has 0 saturated heterocycles. The summed E-state index contributed by atoms with van der Waals surface area (Å²) in [5.41, 5.74) is 1.61. The molecule has 0 fully saturated rings. The number of nitrogens with zero attached hydrogens (tertiary/aromatic N) is 1. The average Bonchev–Trinajstić information content (AvgIpc) is 2.75. The van der Waals surface area contributed by atoms with Crippen LogP contribution in [-0.4, -0.2) is 42.9 Å². The second-order valence-electron chi connectivity index (χ2n) is 7.17. The molecule has 1 N–H and O–H groups in total. The number of aromatic nitrogens is 1. The van der Waals surface area contributed by atoms with Gasteiger partial charge in [0, 0.05) is 11.8 Å². The number of aromatic hydroxyl groups is 1. The Morgan fingerprint density at radius 3 is 2.52 bits per heavy atom. The summed E-state index contributed by atoms with van der Waals surface area (Å²) in [7, 11) is -3.44. The summed E-state index contributed by atoms with van der Waals surface area (Å²) in [6.45, 7) is 1.14. The molecule has 0 aliphatic carbocycles. The van der Waals surface area contributed by atoms with E-state index in [1.54, 1.807) is 36.4 Å². The Morgan fingerprint density at radius 2 is 1.85 bits per heavy atom. The van der Waals surface area contributed by atoms with Gasteiger partial charge in [-0.15, -0.1) is 0 Å². The van der Waals surface area contributed by atoms with Crippen molar-refractivity contribution in [3.8, 4) is 22.8 Å². The van der Waals surface area contributed by atoms with Crippen LogP contribution >= 0.6 is 23.2 Å². The van der Waals surface area contributed by atoms with Crippen molar-refractivity contribution in [2.75, 3.05) is 12.4 Å². The number of hydrogen-bond acceptors (Lipinski definition) is 7. The van der Waals surface area contributed by atoms with Crippen LogP contribution in [0.5, 0.6) is 11.5 Å². The van der Waals surface area contributed by atoms with E-state index in [0.717, 1.165) is 0 Å². The van der Waals surface area contributed by atoms with E-state index in [-0.39, 0.29) is 29.6 Å². The minimum atomic E-state index is -3.44. The van der Waals surface area contributed by atoms with Gasteiger partial charge in [-0.05, 0) is 36.8 Å². The van der Waals surface area contributed by atoms with Crippen molar-refractivity contribution in [3.05, 3.63) is 76.4 Å². The zero-order valence-corrected chi connectivity index (χ0v) is 19.9. The lowest BCUT2D eigenvalue weighted by Gasteiger charge is -2.15. The highest BCUT2D eigenvalue weighted by Crippen LogP contribution is 2.34. The Kier molecular flexibility index (Phi) is 8.18. The highest BCUT2D eigenvalue weighted by atomic mass is 35.5. The third-order valence-corrected chi connectivity index (χ3v) is 6.60. The normalized spacial score (nSPS) is 12.2. The number of ether oxygens (including phenoxy) is 2. The maximum absolute atomic E-state index is 12.2. The van der Waals surface area contributed by atoms with Crippen LogP contribution in [0.3, 0.4) is 0 Å². The third kappa shape index (κ3) is 7.08. The van der Waals surface area contributed by atoms with Gasteiger partial charge in [0.2, 0.25) is 0 Å². The van der Waals surface area contributed by atoms with Crippen LogP contribution < -0.4 is 4.74 Å². The summed E-state index contributed by atoms with van der Waals surface area (Å²) < 4.78 is 34.9. The van der Waals surface area contributed by atoms with Crippen molar-refractivity contribution in [3.63, 3.8) is 0 Å². The first kappa shape index (κ1) is 24.8. The third-order valence-electron chi connectivity index (χ3n) is 4.54. The predicted octanol–water partition coefficient (Wildman–Crippen LogP) is 4.69. The molecule has 0 saturated carbocycles. The van der Waals surface area contributed by atoms with Crippen molar-refractivity contribution in [1.82, 2.24) is 4.98 Å². The summed E-state index contributed by atoms with van der Waals surface area (Å²) in [4.78, 5) is 16.4. The van der Waals surface area contributed by atoms with E-state index in [9.17, 15) is 18.3 Å². The zero-order valence-electron chi connectivity index (χ0n) is 17.6. The fraction of sp³-hybridized carbons (Fsp3) is 0.217. The van der Waals surface area contributed by atoms with Crippen LogP contribution in [0.15, 0.2) is 60.8 Å². The second-order valence-corrected chi connectivity index (χ2v) is 10.2. The molecule has 0 aliphatic rings. The number of phenols is 1. The van der Waals surface area contributed by atoms with Crippen LogP contribution in [0.2, 0.25) is 10.0 Å². The van der Waals surface area contributed by atoms with Gasteiger partial charge >= 0.3 is 5.97 Å². The molecule has 1 atom stereocenters. The number of carbonyl (C=O) groups is 1. The van der Waals surface area contributed by atoms with Crippen LogP contribution in [0.1, 0.15) is 12.5 Å². The molecule has 33 heavy (non-hydrogen) atoms. The van der Waals surface area contributed by atoms with E-state index >= 15 is 0 Å². The van der Waals surface area contributed by atoms with Gasteiger partial charge in [-0.2, -0.15) is 0 Å². The van der Waals surface area contributed by atoms with Crippen molar-refractivity contribution in [1.29, 1.82) is 0 Å². The van der Waals surface area contributed by atoms with Gasteiger partial charge in [-0.3, -0.25) is 4.98 Å². The predicted molar refractivity (Wildman–Crippen MR) is 126 cm³/mol. The first-order valence-corrected chi connectivity index (χ1v) is 12.4. The van der Waals surface area contributed by atoms with Gasteiger partial charge in [-0.25, -0.2) is 13.2 Å². The van der Waals surface area contributed by atoms with Crippen LogP contribution in [0.25, 0.3) is 11.3 Å². The largest absolute Gasteiger partial charge is 0.504 e. The Labute approximate surface area is 201 Å². The first-order chi connectivity index (χ1) is 15.6. The highest BCUT2D eigenvalue weighted by molar-refractivity contribution is 7.90. The fourth-order valence-electron chi connectivity index (χ4n) is 2.92. The Hall–Kier alpha value is -2.81. The molecule has 0 aliphatic heterocycles. The van der Waals surface area contributed by atoms with E-state index in [4.69, 9.17) is 32.7 Å². The molecule has 1 aromatic heterocycles. The summed E-state index contributed by atoms with van der Waals surface area (Å²) in [5.74, 6) is -1.38. The number of rotatable bonds is 9. The number of halogens is 2. The minimum Gasteiger partial charge on any atom is -0.504 e. The summed E-state index contributed by atoms with van der Waals surface area (Å²) >= 11 is 12.0. The molecular formula is C23H21Cl2NO6S. The molecule has 7 nitrogen and oxygen atoms in total.